The molecule has 2 aromatic heterocycles. The molecule has 0 amide bonds. The number of hydrogen-bond donors (Lipinski definition) is 0. The quantitative estimate of drug-likeness (QED) is 0.565. The second kappa shape index (κ2) is 8.18. The summed E-state index contributed by atoms with van der Waals surface area (Å²) in [6.45, 7) is 6.63. The van der Waals surface area contributed by atoms with Crippen LogP contribution in [0, 0.1) is 0 Å². The molecule has 1 aliphatic carbocycles. The summed E-state index contributed by atoms with van der Waals surface area (Å²) in [5.41, 5.74) is 3.58. The third kappa shape index (κ3) is 3.90. The van der Waals surface area contributed by atoms with E-state index in [4.69, 9.17) is 0 Å². The molecule has 31 heavy (non-hydrogen) atoms. The maximum Gasteiger partial charge on any atom is 0.330 e. The van der Waals surface area contributed by atoms with Crippen LogP contribution in [0.5, 0.6) is 0 Å². The Morgan fingerprint density at radius 2 is 1.42 bits per heavy atom. The lowest BCUT2D eigenvalue weighted by Crippen LogP contribution is -2.36. The molecule has 4 rings (SSSR count). The van der Waals surface area contributed by atoms with Gasteiger partial charge in [-0.1, -0.05) is 77.1 Å². The Labute approximate surface area is 184 Å². The van der Waals surface area contributed by atoms with Gasteiger partial charge in [-0.3, -0.25) is 13.9 Å². The first-order valence-electron chi connectivity index (χ1n) is 11.6. The maximum atomic E-state index is 13.3. The van der Waals surface area contributed by atoms with Crippen LogP contribution >= 0.6 is 0 Å². The van der Waals surface area contributed by atoms with E-state index in [0.717, 1.165) is 29.6 Å². The summed E-state index contributed by atoms with van der Waals surface area (Å²) in [4.78, 5) is 25.9. The highest BCUT2D eigenvalue weighted by Gasteiger charge is 2.24. The normalized spacial score (nSPS) is 16.4. The van der Waals surface area contributed by atoms with E-state index in [1.807, 2.05) is 0 Å². The van der Waals surface area contributed by atoms with E-state index in [1.54, 1.807) is 18.7 Å². The van der Waals surface area contributed by atoms with Crippen molar-refractivity contribution in [3.63, 3.8) is 0 Å². The summed E-state index contributed by atoms with van der Waals surface area (Å²) in [6.07, 6.45) is 10.6. The molecule has 0 N–H and O–H groups in total. The van der Waals surface area contributed by atoms with Crippen LogP contribution in [0.4, 0.5) is 0 Å². The molecule has 1 aromatic carbocycles. The average molecular weight is 422 g/mol. The van der Waals surface area contributed by atoms with Gasteiger partial charge >= 0.3 is 5.69 Å². The van der Waals surface area contributed by atoms with Crippen LogP contribution in [0.1, 0.15) is 77.3 Å². The smallest absolute Gasteiger partial charge is 0.330 e. The van der Waals surface area contributed by atoms with E-state index in [1.165, 1.54) is 42.2 Å². The van der Waals surface area contributed by atoms with Gasteiger partial charge in [0.25, 0.3) is 5.56 Å². The lowest BCUT2D eigenvalue weighted by molar-refractivity contribution is 0.375. The van der Waals surface area contributed by atoms with Crippen molar-refractivity contribution < 1.29 is 0 Å². The molecule has 1 aliphatic rings. The molecule has 3 aromatic rings. The topological polar surface area (TPSA) is 48.9 Å². The predicted octanol–water partition coefficient (Wildman–Crippen LogP) is 5.29. The molecule has 0 unspecified atom stereocenters. The highest BCUT2D eigenvalue weighted by atomic mass is 16.2. The van der Waals surface area contributed by atoms with Crippen LogP contribution in [-0.2, 0) is 19.5 Å². The fourth-order valence-corrected chi connectivity index (χ4v) is 4.98. The first-order valence-corrected chi connectivity index (χ1v) is 11.6. The molecule has 0 bridgehead atoms. The van der Waals surface area contributed by atoms with E-state index in [-0.39, 0.29) is 16.7 Å². The van der Waals surface area contributed by atoms with Crippen molar-refractivity contribution in [2.75, 3.05) is 0 Å². The lowest BCUT2D eigenvalue weighted by Gasteiger charge is -2.24. The first kappa shape index (κ1) is 21.7. The van der Waals surface area contributed by atoms with Gasteiger partial charge in [-0.2, -0.15) is 0 Å². The Bertz CT molecular complexity index is 1200. The van der Waals surface area contributed by atoms with Crippen molar-refractivity contribution in [3.05, 3.63) is 56.9 Å². The van der Waals surface area contributed by atoms with Crippen LogP contribution < -0.4 is 11.2 Å². The number of hydrogen-bond acceptors (Lipinski definition) is 2. The van der Waals surface area contributed by atoms with Crippen molar-refractivity contribution >= 4 is 10.9 Å². The fourth-order valence-electron chi connectivity index (χ4n) is 4.98. The van der Waals surface area contributed by atoms with Crippen LogP contribution in [-0.4, -0.2) is 13.7 Å². The molecule has 2 heterocycles. The molecule has 1 saturated carbocycles. The van der Waals surface area contributed by atoms with Crippen molar-refractivity contribution in [3.8, 4) is 11.3 Å². The standard InChI is InChI=1S/C26H35N3O2/c1-26(2,3)19-15-13-18(14-16-19)23-22-21(27(4)25(31)28(5)24(22)30)17-29(23)20-11-9-7-6-8-10-12-20/h13-17,20H,6-12H2,1-5H3. The van der Waals surface area contributed by atoms with E-state index < -0.39 is 0 Å². The largest absolute Gasteiger partial charge is 0.342 e. The summed E-state index contributed by atoms with van der Waals surface area (Å²) >= 11 is 0. The second-order valence-corrected chi connectivity index (χ2v) is 10.2. The summed E-state index contributed by atoms with van der Waals surface area (Å²) in [5.74, 6) is 0. The summed E-state index contributed by atoms with van der Waals surface area (Å²) < 4.78 is 5.16. The molecule has 0 saturated heterocycles. The minimum absolute atomic E-state index is 0.0716. The molecule has 0 aliphatic heterocycles. The van der Waals surface area contributed by atoms with Gasteiger partial charge in [0.05, 0.1) is 16.6 Å². The average Bonchev–Trinajstić information content (AvgIpc) is 3.10. The third-order valence-electron chi connectivity index (χ3n) is 6.96. The zero-order chi connectivity index (χ0) is 22.3. The SMILES string of the molecule is Cn1c(=O)c2c(-c3ccc(C(C)(C)C)cc3)n(C3CCCCCCC3)cc2n(C)c1=O. The minimum atomic E-state index is -0.276. The predicted molar refractivity (Wildman–Crippen MR) is 128 cm³/mol. The van der Waals surface area contributed by atoms with E-state index in [9.17, 15) is 9.59 Å². The van der Waals surface area contributed by atoms with Crippen molar-refractivity contribution in [2.24, 2.45) is 14.1 Å². The summed E-state index contributed by atoms with van der Waals surface area (Å²) in [5, 5.41) is 0.648. The van der Waals surface area contributed by atoms with Gasteiger partial charge in [0.2, 0.25) is 0 Å². The third-order valence-corrected chi connectivity index (χ3v) is 6.96. The Morgan fingerprint density at radius 3 is 2.00 bits per heavy atom. The zero-order valence-electron chi connectivity index (χ0n) is 19.6. The molecule has 0 spiro atoms. The number of fused-ring (bicyclic) bond motifs is 1. The molecule has 5 heteroatoms. The molecule has 166 valence electrons. The van der Waals surface area contributed by atoms with Gasteiger partial charge in [-0.05, 0) is 29.4 Å². The molecule has 1 fully saturated rings. The van der Waals surface area contributed by atoms with Crippen molar-refractivity contribution in [2.45, 2.75) is 77.2 Å². The summed E-state index contributed by atoms with van der Waals surface area (Å²) in [7, 11) is 3.34. The van der Waals surface area contributed by atoms with Crippen LogP contribution in [0.2, 0.25) is 0 Å². The van der Waals surface area contributed by atoms with E-state index in [2.05, 4.69) is 55.8 Å². The van der Waals surface area contributed by atoms with Gasteiger partial charge in [-0.15, -0.1) is 0 Å². The highest BCUT2D eigenvalue weighted by Crippen LogP contribution is 2.36. The number of rotatable bonds is 2. The van der Waals surface area contributed by atoms with Crippen molar-refractivity contribution in [1.29, 1.82) is 0 Å². The summed E-state index contributed by atoms with van der Waals surface area (Å²) in [6, 6.07) is 8.97. The minimum Gasteiger partial charge on any atom is -0.342 e. The monoisotopic (exact) mass is 421 g/mol. The van der Waals surface area contributed by atoms with Crippen LogP contribution in [0.3, 0.4) is 0 Å². The lowest BCUT2D eigenvalue weighted by atomic mass is 9.86. The first-order chi connectivity index (χ1) is 14.7. The Balaban J connectivity index is 1.98. The Kier molecular flexibility index (Phi) is 5.71. The Hall–Kier alpha value is -2.56. The highest BCUT2D eigenvalue weighted by molar-refractivity contribution is 5.93. The number of benzene rings is 1. The molecular weight excluding hydrogens is 386 g/mol. The number of aromatic nitrogens is 3. The second-order valence-electron chi connectivity index (χ2n) is 10.2. The number of aryl methyl sites for hydroxylation is 1. The van der Waals surface area contributed by atoms with Gasteiger partial charge in [0.15, 0.2) is 0 Å². The maximum absolute atomic E-state index is 13.3. The molecule has 0 atom stereocenters. The fraction of sp³-hybridized carbons (Fsp3) is 0.538. The molecule has 5 nitrogen and oxygen atoms in total. The molecule has 0 radical (unpaired) electrons. The van der Waals surface area contributed by atoms with E-state index in [0.29, 0.717) is 11.4 Å². The van der Waals surface area contributed by atoms with Gasteiger partial charge in [0.1, 0.15) is 0 Å². The van der Waals surface area contributed by atoms with Crippen LogP contribution in [0.25, 0.3) is 22.2 Å². The zero-order valence-corrected chi connectivity index (χ0v) is 19.6. The van der Waals surface area contributed by atoms with E-state index >= 15 is 0 Å². The van der Waals surface area contributed by atoms with Crippen molar-refractivity contribution in [1.82, 2.24) is 13.7 Å². The molecular formula is C26H35N3O2. The number of nitrogens with zero attached hydrogens (tertiary/aromatic N) is 3. The van der Waals surface area contributed by atoms with Gasteiger partial charge < -0.3 is 4.57 Å². The van der Waals surface area contributed by atoms with Crippen LogP contribution in [0.15, 0.2) is 40.1 Å². The van der Waals surface area contributed by atoms with Gasteiger partial charge in [-0.25, -0.2) is 4.79 Å². The van der Waals surface area contributed by atoms with Gasteiger partial charge in [0, 0.05) is 26.3 Å². The Morgan fingerprint density at radius 1 is 0.839 bits per heavy atom.